The van der Waals surface area contributed by atoms with Gasteiger partial charge in [-0.3, -0.25) is 9.78 Å². The Hall–Kier alpha value is -2.69. The Labute approximate surface area is 154 Å². The molecule has 1 fully saturated rings. The van der Waals surface area contributed by atoms with Crippen molar-refractivity contribution in [2.45, 2.75) is 31.7 Å². The van der Waals surface area contributed by atoms with E-state index >= 15 is 0 Å². The van der Waals surface area contributed by atoms with E-state index in [9.17, 15) is 4.79 Å². The summed E-state index contributed by atoms with van der Waals surface area (Å²) in [6, 6.07) is 10.7. The first-order valence-electron chi connectivity index (χ1n) is 9.35. The summed E-state index contributed by atoms with van der Waals surface area (Å²) in [5, 5.41) is 3.43. The van der Waals surface area contributed by atoms with Crippen molar-refractivity contribution >= 4 is 17.3 Å². The topological polar surface area (TPSA) is 58.1 Å². The van der Waals surface area contributed by atoms with Crippen molar-refractivity contribution < 1.29 is 4.79 Å². The van der Waals surface area contributed by atoms with Gasteiger partial charge in [-0.2, -0.15) is 0 Å². The first-order chi connectivity index (χ1) is 12.8. The Morgan fingerprint density at radius 1 is 1.08 bits per heavy atom. The van der Waals surface area contributed by atoms with Crippen LogP contribution < -0.4 is 5.32 Å². The summed E-state index contributed by atoms with van der Waals surface area (Å²) < 4.78 is 0. The van der Waals surface area contributed by atoms with Gasteiger partial charge in [0.05, 0.1) is 6.20 Å². The van der Waals surface area contributed by atoms with Gasteiger partial charge in [0.15, 0.2) is 0 Å². The smallest absolute Gasteiger partial charge is 0.226 e. The second-order valence-corrected chi connectivity index (χ2v) is 7.10. The molecule has 0 saturated heterocycles. The molecular formula is C21H24N4O. The molecule has 1 aliphatic heterocycles. The molecule has 1 aromatic carbocycles. The van der Waals surface area contributed by atoms with Crippen LogP contribution in [0.1, 0.15) is 31.2 Å². The predicted octanol–water partition coefficient (Wildman–Crippen LogP) is 3.37. The van der Waals surface area contributed by atoms with E-state index in [0.29, 0.717) is 11.9 Å². The number of amides is 1. The van der Waals surface area contributed by atoms with Crippen molar-refractivity contribution in [3.05, 3.63) is 60.6 Å². The highest BCUT2D eigenvalue weighted by atomic mass is 16.2. The lowest BCUT2D eigenvalue weighted by atomic mass is 9.85. The molecule has 134 valence electrons. The highest BCUT2D eigenvalue weighted by Gasteiger charge is 2.31. The molecule has 1 N–H and O–H groups in total. The van der Waals surface area contributed by atoms with Crippen molar-refractivity contribution in [2.24, 2.45) is 5.92 Å². The van der Waals surface area contributed by atoms with Crippen LogP contribution in [-0.4, -0.2) is 39.9 Å². The summed E-state index contributed by atoms with van der Waals surface area (Å²) in [5.74, 6) is 1.28. The van der Waals surface area contributed by atoms with E-state index < -0.39 is 0 Å². The van der Waals surface area contributed by atoms with Gasteiger partial charge < -0.3 is 10.2 Å². The molecule has 5 heteroatoms. The molecule has 1 aromatic heterocycles. The number of nitrogens with one attached hydrogen (secondary N) is 1. The summed E-state index contributed by atoms with van der Waals surface area (Å²) in [5.41, 5.74) is 2.48. The number of hydrogen-bond donors (Lipinski definition) is 1. The zero-order chi connectivity index (χ0) is 17.8. The lowest BCUT2D eigenvalue weighted by Crippen LogP contribution is -2.38. The van der Waals surface area contributed by atoms with Gasteiger partial charge in [0.1, 0.15) is 5.82 Å². The van der Waals surface area contributed by atoms with E-state index in [1.807, 2.05) is 23.1 Å². The second-order valence-electron chi connectivity index (χ2n) is 7.10. The van der Waals surface area contributed by atoms with Gasteiger partial charge in [0, 0.05) is 37.4 Å². The number of benzene rings is 1. The summed E-state index contributed by atoms with van der Waals surface area (Å²) in [4.78, 5) is 23.3. The van der Waals surface area contributed by atoms with Crippen molar-refractivity contribution in [1.29, 1.82) is 0 Å². The number of anilines is 1. The van der Waals surface area contributed by atoms with E-state index in [1.54, 1.807) is 18.6 Å². The molecule has 2 heterocycles. The van der Waals surface area contributed by atoms with Crippen LogP contribution in [0, 0.1) is 5.92 Å². The van der Waals surface area contributed by atoms with Gasteiger partial charge in [-0.05, 0) is 36.8 Å². The third-order valence-electron chi connectivity index (χ3n) is 5.37. The summed E-state index contributed by atoms with van der Waals surface area (Å²) >= 11 is 0. The van der Waals surface area contributed by atoms with E-state index in [0.717, 1.165) is 44.6 Å². The molecule has 1 amide bonds. The van der Waals surface area contributed by atoms with E-state index in [-0.39, 0.29) is 5.92 Å². The molecule has 5 nitrogen and oxygen atoms in total. The Bertz CT molecular complexity index is 767. The maximum atomic E-state index is 12.9. The summed E-state index contributed by atoms with van der Waals surface area (Å²) in [7, 11) is 0. The number of carbonyl (C=O) groups is 1. The largest absolute Gasteiger partial charge is 0.366 e. The molecular weight excluding hydrogens is 324 g/mol. The van der Waals surface area contributed by atoms with Crippen LogP contribution in [0.25, 0.3) is 5.57 Å². The Morgan fingerprint density at radius 3 is 2.62 bits per heavy atom. The number of rotatable bonds is 4. The quantitative estimate of drug-likeness (QED) is 0.920. The standard InChI is InChI=1S/C21H24N4O/c26-21(25-13-10-18(15-25)16-4-2-1-3-5-16)17-6-8-19(9-7-17)24-20-14-22-11-12-23-20/h1-5,10-12,14,17,19H,6-9,13,15H2,(H,23,24). The fourth-order valence-electron chi connectivity index (χ4n) is 3.91. The fourth-order valence-corrected chi connectivity index (χ4v) is 3.91. The van der Waals surface area contributed by atoms with Gasteiger partial charge in [-0.15, -0.1) is 0 Å². The molecule has 2 aromatic rings. The van der Waals surface area contributed by atoms with E-state index in [4.69, 9.17) is 0 Å². The van der Waals surface area contributed by atoms with Crippen LogP contribution in [0.3, 0.4) is 0 Å². The highest BCUT2D eigenvalue weighted by Crippen LogP contribution is 2.30. The third kappa shape index (κ3) is 3.77. The van der Waals surface area contributed by atoms with E-state index in [2.05, 4.69) is 33.5 Å². The van der Waals surface area contributed by atoms with Gasteiger partial charge in [0.2, 0.25) is 5.91 Å². The molecule has 0 bridgehead atoms. The van der Waals surface area contributed by atoms with Gasteiger partial charge in [-0.1, -0.05) is 36.4 Å². The number of hydrogen-bond acceptors (Lipinski definition) is 4. The molecule has 1 aliphatic carbocycles. The Kier molecular flexibility index (Phi) is 4.95. The van der Waals surface area contributed by atoms with Gasteiger partial charge in [-0.25, -0.2) is 4.98 Å². The molecule has 1 saturated carbocycles. The van der Waals surface area contributed by atoms with E-state index in [1.165, 1.54) is 11.1 Å². The minimum absolute atomic E-state index is 0.151. The summed E-state index contributed by atoms with van der Waals surface area (Å²) in [6.07, 6.45) is 11.2. The maximum Gasteiger partial charge on any atom is 0.226 e. The SMILES string of the molecule is O=C(C1CCC(Nc2cnccn2)CC1)N1CC=C(c2ccccc2)C1. The minimum Gasteiger partial charge on any atom is -0.366 e. The van der Waals surface area contributed by atoms with Crippen LogP contribution in [0.15, 0.2) is 55.0 Å². The lowest BCUT2D eigenvalue weighted by molar-refractivity contribution is -0.135. The van der Waals surface area contributed by atoms with Crippen LogP contribution in [0.5, 0.6) is 0 Å². The van der Waals surface area contributed by atoms with Crippen molar-refractivity contribution in [1.82, 2.24) is 14.9 Å². The predicted molar refractivity (Wildman–Crippen MR) is 102 cm³/mol. The average molecular weight is 348 g/mol. The minimum atomic E-state index is 0.151. The molecule has 4 rings (SSSR count). The van der Waals surface area contributed by atoms with Crippen molar-refractivity contribution in [3.8, 4) is 0 Å². The fraction of sp³-hybridized carbons (Fsp3) is 0.381. The van der Waals surface area contributed by atoms with Gasteiger partial charge >= 0.3 is 0 Å². The monoisotopic (exact) mass is 348 g/mol. The summed E-state index contributed by atoms with van der Waals surface area (Å²) in [6.45, 7) is 1.47. The number of aromatic nitrogens is 2. The number of carbonyl (C=O) groups excluding carboxylic acids is 1. The normalized spacial score (nSPS) is 22.8. The molecule has 0 spiro atoms. The number of nitrogens with zero attached hydrogens (tertiary/aromatic N) is 3. The maximum absolute atomic E-state index is 12.9. The first kappa shape index (κ1) is 16.8. The Morgan fingerprint density at radius 2 is 1.88 bits per heavy atom. The molecule has 0 radical (unpaired) electrons. The molecule has 0 unspecified atom stereocenters. The average Bonchev–Trinajstić information content (AvgIpc) is 3.20. The van der Waals surface area contributed by atoms with Gasteiger partial charge in [0.25, 0.3) is 0 Å². The zero-order valence-electron chi connectivity index (χ0n) is 14.8. The lowest BCUT2D eigenvalue weighted by Gasteiger charge is -2.31. The van der Waals surface area contributed by atoms with Crippen molar-refractivity contribution in [3.63, 3.8) is 0 Å². The molecule has 26 heavy (non-hydrogen) atoms. The van der Waals surface area contributed by atoms with Crippen LogP contribution >= 0.6 is 0 Å². The van der Waals surface area contributed by atoms with Crippen LogP contribution in [0.4, 0.5) is 5.82 Å². The first-order valence-corrected chi connectivity index (χ1v) is 9.35. The van der Waals surface area contributed by atoms with Crippen LogP contribution in [0.2, 0.25) is 0 Å². The zero-order valence-corrected chi connectivity index (χ0v) is 14.8. The van der Waals surface area contributed by atoms with Crippen LogP contribution in [-0.2, 0) is 4.79 Å². The van der Waals surface area contributed by atoms with Crippen molar-refractivity contribution in [2.75, 3.05) is 18.4 Å². The highest BCUT2D eigenvalue weighted by molar-refractivity contribution is 5.83. The molecule has 2 aliphatic rings. The Balaban J connectivity index is 1.28. The third-order valence-corrected chi connectivity index (χ3v) is 5.37. The second kappa shape index (κ2) is 7.68. The molecule has 0 atom stereocenters.